The van der Waals surface area contributed by atoms with Gasteiger partial charge in [0.25, 0.3) is 0 Å². The minimum absolute atomic E-state index is 0.231. The molecule has 202 valence electrons. The van der Waals surface area contributed by atoms with Crippen LogP contribution in [0.15, 0.2) is 55.0 Å². The molecule has 7 heteroatoms. The predicted molar refractivity (Wildman–Crippen MR) is 149 cm³/mol. The molecule has 1 amide bonds. The van der Waals surface area contributed by atoms with Crippen molar-refractivity contribution in [3.8, 4) is 17.6 Å². The molecule has 2 unspecified atom stereocenters. The molecule has 1 aromatic heterocycles. The number of carbonyl (C=O) groups excluding carboxylic acids is 1. The number of nitriles is 1. The third-order valence-electron chi connectivity index (χ3n) is 9.06. The third-order valence-corrected chi connectivity index (χ3v) is 9.06. The Balaban J connectivity index is 1.37. The van der Waals surface area contributed by atoms with E-state index in [0.29, 0.717) is 23.0 Å². The number of hydrogen-bond donors (Lipinski definition) is 1. The lowest BCUT2D eigenvalue weighted by Crippen LogP contribution is -2.44. The molecule has 2 aliphatic heterocycles. The third kappa shape index (κ3) is 4.61. The van der Waals surface area contributed by atoms with Crippen LogP contribution in [-0.4, -0.2) is 40.5 Å². The minimum Gasteiger partial charge on any atom is -0.456 e. The van der Waals surface area contributed by atoms with Crippen LogP contribution in [0.25, 0.3) is 0 Å². The fraction of sp³-hybridized carbons (Fsp3) is 0.469. The number of benzene rings is 2. The summed E-state index contributed by atoms with van der Waals surface area (Å²) in [5.41, 5.74) is 2.77. The molecule has 1 aliphatic carbocycles. The zero-order chi connectivity index (χ0) is 27.0. The van der Waals surface area contributed by atoms with Crippen molar-refractivity contribution in [2.24, 2.45) is 13.0 Å². The van der Waals surface area contributed by atoms with Gasteiger partial charge >= 0.3 is 0 Å². The average molecular weight is 524 g/mol. The van der Waals surface area contributed by atoms with E-state index in [-0.39, 0.29) is 11.4 Å². The Hall–Kier alpha value is -3.63. The van der Waals surface area contributed by atoms with Gasteiger partial charge in [-0.15, -0.1) is 0 Å². The molecule has 3 aliphatic rings. The quantitative estimate of drug-likeness (QED) is 0.449. The highest BCUT2D eigenvalue weighted by molar-refractivity contribution is 5.88. The normalized spacial score (nSPS) is 25.4. The second kappa shape index (κ2) is 10.2. The van der Waals surface area contributed by atoms with E-state index < -0.39 is 5.41 Å². The summed E-state index contributed by atoms with van der Waals surface area (Å²) in [5.74, 6) is 2.04. The monoisotopic (exact) mass is 523 g/mol. The number of nitrogens with one attached hydrogen (secondary N) is 1. The summed E-state index contributed by atoms with van der Waals surface area (Å²) in [6, 6.07) is 16.2. The van der Waals surface area contributed by atoms with E-state index in [1.54, 1.807) is 0 Å². The van der Waals surface area contributed by atoms with E-state index in [2.05, 4.69) is 27.0 Å². The van der Waals surface area contributed by atoms with Crippen LogP contribution >= 0.6 is 0 Å². The smallest absolute Gasteiger partial charge is 0.232 e. The van der Waals surface area contributed by atoms with Gasteiger partial charge in [-0.05, 0) is 80.0 Å². The van der Waals surface area contributed by atoms with Gasteiger partial charge in [0.15, 0.2) is 0 Å². The molecule has 1 saturated carbocycles. The van der Waals surface area contributed by atoms with Crippen LogP contribution in [0, 0.1) is 17.2 Å². The number of aromatic nitrogens is 2. The molecule has 0 spiro atoms. The summed E-state index contributed by atoms with van der Waals surface area (Å²) in [7, 11) is 3.95. The summed E-state index contributed by atoms with van der Waals surface area (Å²) >= 11 is 0. The van der Waals surface area contributed by atoms with Gasteiger partial charge in [0.1, 0.15) is 17.6 Å². The molecule has 7 nitrogen and oxygen atoms in total. The van der Waals surface area contributed by atoms with Crippen LogP contribution in [-0.2, 0) is 22.8 Å². The first-order valence-electron chi connectivity index (χ1n) is 14.3. The van der Waals surface area contributed by atoms with Gasteiger partial charge in [0, 0.05) is 20.6 Å². The number of carbonyl (C=O) groups is 1. The fourth-order valence-electron chi connectivity index (χ4n) is 6.81. The van der Waals surface area contributed by atoms with Gasteiger partial charge in [0.05, 0.1) is 34.7 Å². The molecule has 0 radical (unpaired) electrons. The molecule has 0 bridgehead atoms. The van der Waals surface area contributed by atoms with Crippen LogP contribution in [0.5, 0.6) is 11.5 Å². The van der Waals surface area contributed by atoms with Gasteiger partial charge in [-0.1, -0.05) is 37.5 Å². The van der Waals surface area contributed by atoms with Crippen molar-refractivity contribution in [1.82, 2.24) is 19.8 Å². The van der Waals surface area contributed by atoms with Crippen molar-refractivity contribution in [2.45, 2.75) is 62.3 Å². The van der Waals surface area contributed by atoms with Gasteiger partial charge in [-0.25, -0.2) is 4.98 Å². The van der Waals surface area contributed by atoms with E-state index in [1.165, 1.54) is 12.8 Å². The molecule has 2 saturated heterocycles. The second-order valence-corrected chi connectivity index (χ2v) is 11.7. The van der Waals surface area contributed by atoms with Crippen molar-refractivity contribution in [1.29, 1.82) is 5.26 Å². The largest absolute Gasteiger partial charge is 0.456 e. The Kier molecular flexibility index (Phi) is 6.68. The first-order chi connectivity index (χ1) is 18.9. The van der Waals surface area contributed by atoms with Crippen LogP contribution in [0.4, 0.5) is 0 Å². The molecule has 3 aromatic rings. The second-order valence-electron chi connectivity index (χ2n) is 11.7. The van der Waals surface area contributed by atoms with Crippen molar-refractivity contribution >= 4 is 5.91 Å². The van der Waals surface area contributed by atoms with E-state index >= 15 is 0 Å². The number of nitrogens with zero attached hydrogens (tertiary/aromatic N) is 4. The maximum absolute atomic E-state index is 13.8. The topological polar surface area (TPSA) is 83.2 Å². The zero-order valence-electron chi connectivity index (χ0n) is 22.9. The number of likely N-dealkylation sites (N-methyl/N-ethyl adjacent to an activating group) is 1. The molecule has 2 aromatic carbocycles. The van der Waals surface area contributed by atoms with E-state index in [4.69, 9.17) is 4.74 Å². The highest BCUT2D eigenvalue weighted by Crippen LogP contribution is 2.47. The zero-order valence-corrected chi connectivity index (χ0v) is 22.9. The Morgan fingerprint density at radius 1 is 1.10 bits per heavy atom. The fourth-order valence-corrected chi connectivity index (χ4v) is 6.81. The van der Waals surface area contributed by atoms with Crippen LogP contribution in [0.2, 0.25) is 0 Å². The van der Waals surface area contributed by atoms with E-state index in [9.17, 15) is 10.1 Å². The maximum Gasteiger partial charge on any atom is 0.232 e. The molecule has 3 heterocycles. The lowest BCUT2D eigenvalue weighted by molar-refractivity contribution is -0.136. The number of amides is 1. The first-order valence-corrected chi connectivity index (χ1v) is 14.3. The Morgan fingerprint density at radius 2 is 1.97 bits per heavy atom. The standard InChI is InChI=1S/C32H37N5O2/c1-36-16-4-3-13-31(30(36)38,19-23-9-10-23)25-7-5-8-27(17-25)39-28-18-26(12-11-24(28)20-33)32(14-6-15-35-32)29-21-34-22-37(29)2/h5,7-8,11-12,17-18,21-23,35H,3-4,6,9-10,13-16,19H2,1-2H3. The maximum atomic E-state index is 13.8. The summed E-state index contributed by atoms with van der Waals surface area (Å²) in [6.45, 7) is 1.72. The number of ether oxygens (including phenoxy) is 1. The van der Waals surface area contributed by atoms with Crippen molar-refractivity contribution in [2.75, 3.05) is 20.1 Å². The molecule has 2 atom stereocenters. The Labute approximate surface area is 230 Å². The van der Waals surface area contributed by atoms with Crippen LogP contribution in [0.3, 0.4) is 0 Å². The van der Waals surface area contributed by atoms with E-state index in [0.717, 1.165) is 68.4 Å². The number of rotatable bonds is 7. The highest BCUT2D eigenvalue weighted by atomic mass is 16.5. The molecule has 39 heavy (non-hydrogen) atoms. The lowest BCUT2D eigenvalue weighted by Gasteiger charge is -2.35. The molecular formula is C32H37N5O2. The van der Waals surface area contributed by atoms with Crippen LogP contribution in [0.1, 0.15) is 73.8 Å². The lowest BCUT2D eigenvalue weighted by atomic mass is 9.72. The summed E-state index contributed by atoms with van der Waals surface area (Å²) in [4.78, 5) is 20.1. The summed E-state index contributed by atoms with van der Waals surface area (Å²) in [5, 5.41) is 13.6. The van der Waals surface area contributed by atoms with Crippen LogP contribution < -0.4 is 10.1 Å². The van der Waals surface area contributed by atoms with Crippen molar-refractivity contribution in [3.05, 3.63) is 77.4 Å². The number of imidazole rings is 1. The van der Waals surface area contributed by atoms with Gasteiger partial charge in [-0.3, -0.25) is 4.79 Å². The molecular weight excluding hydrogens is 486 g/mol. The average Bonchev–Trinajstić information content (AvgIpc) is 3.47. The van der Waals surface area contributed by atoms with E-state index in [1.807, 2.05) is 67.9 Å². The van der Waals surface area contributed by atoms with Gasteiger partial charge < -0.3 is 19.5 Å². The Morgan fingerprint density at radius 3 is 2.69 bits per heavy atom. The number of aryl methyl sites for hydroxylation is 1. The molecule has 1 N–H and O–H groups in total. The SMILES string of the molecule is CN1CCCCC(CC2CC2)(c2cccc(Oc3cc(C4(c5cncn5C)CCCN4)ccc3C#N)c2)C1=O. The number of likely N-dealkylation sites (tertiary alicyclic amines) is 1. The Bertz CT molecular complexity index is 1410. The summed E-state index contributed by atoms with van der Waals surface area (Å²) in [6.07, 6.45) is 12.0. The molecule has 3 fully saturated rings. The summed E-state index contributed by atoms with van der Waals surface area (Å²) < 4.78 is 8.54. The van der Waals surface area contributed by atoms with Gasteiger partial charge in [-0.2, -0.15) is 5.26 Å². The predicted octanol–water partition coefficient (Wildman–Crippen LogP) is 5.39. The van der Waals surface area contributed by atoms with Crippen molar-refractivity contribution < 1.29 is 9.53 Å². The highest BCUT2D eigenvalue weighted by Gasteiger charge is 2.46. The van der Waals surface area contributed by atoms with Crippen molar-refractivity contribution in [3.63, 3.8) is 0 Å². The number of hydrogen-bond acceptors (Lipinski definition) is 5. The first kappa shape index (κ1) is 25.6. The molecule has 6 rings (SSSR count). The minimum atomic E-state index is -0.511. The van der Waals surface area contributed by atoms with Gasteiger partial charge in [0.2, 0.25) is 5.91 Å².